The molecule has 1 atom stereocenters. The minimum Gasteiger partial charge on any atom is -0.394 e. The van der Waals surface area contributed by atoms with Crippen molar-refractivity contribution in [3.05, 3.63) is 40.0 Å². The van der Waals surface area contributed by atoms with E-state index in [-0.39, 0.29) is 18.6 Å². The van der Waals surface area contributed by atoms with E-state index >= 15 is 0 Å². The first-order valence-electron chi connectivity index (χ1n) is 11.7. The third-order valence-corrected chi connectivity index (χ3v) is 6.61. The normalized spacial score (nSPS) is 21.7. The molecule has 0 spiro atoms. The number of nitrogens with one attached hydrogen (secondary N) is 3. The highest BCUT2D eigenvalue weighted by molar-refractivity contribution is 6.35. The van der Waals surface area contributed by atoms with Crippen molar-refractivity contribution in [1.82, 2.24) is 20.3 Å². The molecule has 0 bridgehead atoms. The van der Waals surface area contributed by atoms with Crippen molar-refractivity contribution in [1.29, 1.82) is 0 Å². The lowest BCUT2D eigenvalue weighted by molar-refractivity contribution is -0.174. The number of β-amino-alcohol motifs (C(OH)–C–C–N with tert-alkyl or cyclic N) is 1. The predicted molar refractivity (Wildman–Crippen MR) is 136 cm³/mol. The van der Waals surface area contributed by atoms with Gasteiger partial charge in [0, 0.05) is 58.3 Å². The zero-order valence-electron chi connectivity index (χ0n) is 19.6. The van der Waals surface area contributed by atoms with E-state index in [0.717, 1.165) is 5.56 Å². The molecule has 2 aromatic rings. The molecular weight excluding hydrogens is 534 g/mol. The molecule has 4 rings (SSSR count). The average molecular weight is 560 g/mol. The number of amides is 1. The van der Waals surface area contributed by atoms with Crippen molar-refractivity contribution in [2.45, 2.75) is 49.9 Å². The van der Waals surface area contributed by atoms with Crippen LogP contribution >= 0.6 is 23.2 Å². The molecule has 14 heteroatoms. The first kappa shape index (κ1) is 27.2. The molecule has 1 saturated carbocycles. The van der Waals surface area contributed by atoms with Gasteiger partial charge in [-0.2, -0.15) is 23.3 Å². The second-order valence-corrected chi connectivity index (χ2v) is 9.82. The molecule has 1 unspecified atom stereocenters. The Bertz CT molecular complexity index is 1120. The van der Waals surface area contributed by atoms with Gasteiger partial charge in [-0.25, -0.2) is 4.98 Å². The van der Waals surface area contributed by atoms with E-state index in [4.69, 9.17) is 23.2 Å². The number of hydrogen-bond acceptors (Lipinski definition) is 8. The van der Waals surface area contributed by atoms with Crippen LogP contribution in [0.1, 0.15) is 37.2 Å². The summed E-state index contributed by atoms with van der Waals surface area (Å²) in [6.45, 7) is 0.926. The molecular formula is C23H26Cl2F3N7O2. The molecule has 200 valence electrons. The monoisotopic (exact) mass is 559 g/mol. The summed E-state index contributed by atoms with van der Waals surface area (Å²) in [6, 6.07) is 4.38. The van der Waals surface area contributed by atoms with Gasteiger partial charge in [0.15, 0.2) is 0 Å². The number of hydrazone groups is 1. The molecule has 1 fully saturated rings. The molecule has 1 aliphatic heterocycles. The number of carbonyl (C=O) groups is 1. The van der Waals surface area contributed by atoms with Gasteiger partial charge < -0.3 is 21.1 Å². The van der Waals surface area contributed by atoms with Gasteiger partial charge >= 0.3 is 12.1 Å². The van der Waals surface area contributed by atoms with Crippen molar-refractivity contribution in [2.24, 2.45) is 5.10 Å². The lowest BCUT2D eigenvalue weighted by Gasteiger charge is -2.31. The summed E-state index contributed by atoms with van der Waals surface area (Å²) in [4.78, 5) is 20.4. The maximum atomic E-state index is 12.6. The van der Waals surface area contributed by atoms with Gasteiger partial charge in [-0.1, -0.05) is 23.2 Å². The summed E-state index contributed by atoms with van der Waals surface area (Å²) < 4.78 is 37.8. The van der Waals surface area contributed by atoms with Gasteiger partial charge in [0.2, 0.25) is 5.95 Å². The van der Waals surface area contributed by atoms with Crippen LogP contribution in [0.25, 0.3) is 0 Å². The minimum atomic E-state index is -4.89. The molecule has 9 nitrogen and oxygen atoms in total. The Morgan fingerprint density at radius 1 is 1.11 bits per heavy atom. The number of aliphatic hydroxyl groups excluding tert-OH is 1. The van der Waals surface area contributed by atoms with E-state index in [1.54, 1.807) is 35.6 Å². The highest BCUT2D eigenvalue weighted by atomic mass is 35.5. The van der Waals surface area contributed by atoms with Crippen molar-refractivity contribution < 1.29 is 23.1 Å². The van der Waals surface area contributed by atoms with E-state index in [0.29, 0.717) is 66.3 Å². The molecule has 0 radical (unpaired) electrons. The molecule has 37 heavy (non-hydrogen) atoms. The van der Waals surface area contributed by atoms with Gasteiger partial charge in [-0.3, -0.25) is 9.80 Å². The maximum absolute atomic E-state index is 12.6. The Kier molecular flexibility index (Phi) is 8.60. The van der Waals surface area contributed by atoms with Crippen molar-refractivity contribution in [2.75, 3.05) is 30.3 Å². The Labute approximate surface area is 221 Å². The molecule has 4 N–H and O–H groups in total. The van der Waals surface area contributed by atoms with Crippen LogP contribution in [0, 0.1) is 0 Å². The van der Waals surface area contributed by atoms with Gasteiger partial charge in [0.25, 0.3) is 0 Å². The Hall–Kier alpha value is -2.83. The number of aromatic nitrogens is 2. The summed E-state index contributed by atoms with van der Waals surface area (Å²) in [5, 5.41) is 24.8. The van der Waals surface area contributed by atoms with Crippen LogP contribution in [0.2, 0.25) is 10.0 Å². The number of hydrogen-bond donors (Lipinski definition) is 4. The van der Waals surface area contributed by atoms with Gasteiger partial charge in [-0.15, -0.1) is 0 Å². The first-order chi connectivity index (χ1) is 17.6. The molecule has 1 aliphatic carbocycles. The molecule has 1 aromatic heterocycles. The van der Waals surface area contributed by atoms with Crippen LogP contribution in [-0.4, -0.2) is 70.2 Å². The molecule has 1 aromatic carbocycles. The number of benzene rings is 1. The lowest BCUT2D eigenvalue weighted by atomic mass is 9.90. The first-order valence-corrected chi connectivity index (χ1v) is 12.5. The summed E-state index contributed by atoms with van der Waals surface area (Å²) in [5.41, 5.74) is 1.40. The van der Waals surface area contributed by atoms with E-state index in [2.05, 4.69) is 31.0 Å². The number of anilines is 3. The summed E-state index contributed by atoms with van der Waals surface area (Å²) in [6.07, 6.45) is 0.477. The number of aliphatic hydroxyl groups is 1. The molecule has 0 saturated heterocycles. The number of carbonyl (C=O) groups excluding carboxylic acids is 1. The van der Waals surface area contributed by atoms with E-state index in [9.17, 15) is 23.1 Å². The van der Waals surface area contributed by atoms with Crippen molar-refractivity contribution in [3.63, 3.8) is 0 Å². The number of rotatable bonds is 8. The second kappa shape index (κ2) is 11.7. The quantitative estimate of drug-likeness (QED) is 0.381. The van der Waals surface area contributed by atoms with E-state index < -0.39 is 18.1 Å². The summed E-state index contributed by atoms with van der Waals surface area (Å²) in [7, 11) is 0. The lowest BCUT2D eigenvalue weighted by Crippen LogP contribution is -2.45. The van der Waals surface area contributed by atoms with Crippen LogP contribution in [0.4, 0.5) is 30.6 Å². The van der Waals surface area contributed by atoms with Crippen molar-refractivity contribution in [3.8, 4) is 0 Å². The third kappa shape index (κ3) is 7.36. The zero-order chi connectivity index (χ0) is 26.6. The van der Waals surface area contributed by atoms with Gasteiger partial charge in [0.1, 0.15) is 5.82 Å². The Morgan fingerprint density at radius 2 is 1.78 bits per heavy atom. The van der Waals surface area contributed by atoms with Crippen LogP contribution < -0.4 is 16.0 Å². The van der Waals surface area contributed by atoms with E-state index in [1.165, 1.54) is 0 Å². The minimum absolute atomic E-state index is 0.0230. The second-order valence-electron chi connectivity index (χ2n) is 8.95. The highest BCUT2D eigenvalue weighted by Crippen LogP contribution is 2.31. The van der Waals surface area contributed by atoms with Gasteiger partial charge in [-0.05, 0) is 43.9 Å². The van der Waals surface area contributed by atoms with Gasteiger partial charge in [0.05, 0.1) is 13.2 Å². The number of alkyl halides is 3. The number of nitrogens with zero attached hydrogens (tertiary/aromatic N) is 4. The van der Waals surface area contributed by atoms with Crippen LogP contribution in [0.5, 0.6) is 0 Å². The SMILES string of the molecule is O=C(NC1CCC(Nc2nc(Nc3cc(Cl)cc(Cl)c3)ncc2C2C=NN(CCO)C2)CC1)C(F)(F)F. The average Bonchev–Trinajstić information content (AvgIpc) is 3.28. The highest BCUT2D eigenvalue weighted by Gasteiger charge is 2.40. The summed E-state index contributed by atoms with van der Waals surface area (Å²) >= 11 is 12.2. The van der Waals surface area contributed by atoms with Crippen LogP contribution in [0.3, 0.4) is 0 Å². The topological polar surface area (TPSA) is 115 Å². The van der Waals surface area contributed by atoms with Crippen LogP contribution in [-0.2, 0) is 4.79 Å². The fourth-order valence-corrected chi connectivity index (χ4v) is 4.90. The summed E-state index contributed by atoms with van der Waals surface area (Å²) in [5.74, 6) is -1.16. The zero-order valence-corrected chi connectivity index (χ0v) is 21.1. The standard InChI is InChI=1S/C23H26Cl2F3N7O2/c24-14-7-15(25)9-18(8-14)33-22-29-11-19(13-10-30-35(12-13)5-6-36)20(34-22)31-16-1-3-17(4-2-16)32-21(37)23(26,27)28/h7-11,13,16-17,36H,1-6,12H2,(H,32,37)(H2,29,31,33,34). The Balaban J connectivity index is 1.49. The Morgan fingerprint density at radius 3 is 2.43 bits per heavy atom. The largest absolute Gasteiger partial charge is 0.471 e. The fourth-order valence-electron chi connectivity index (χ4n) is 4.38. The fraction of sp³-hybridized carbons (Fsp3) is 0.478. The third-order valence-electron chi connectivity index (χ3n) is 6.17. The van der Waals surface area contributed by atoms with E-state index in [1.807, 2.05) is 0 Å². The molecule has 1 amide bonds. The van der Waals surface area contributed by atoms with Crippen LogP contribution in [0.15, 0.2) is 29.5 Å². The maximum Gasteiger partial charge on any atom is 0.471 e. The van der Waals surface area contributed by atoms with Crippen molar-refractivity contribution >= 4 is 52.8 Å². The smallest absolute Gasteiger partial charge is 0.394 e. The molecule has 2 aliphatic rings. The molecule has 2 heterocycles. The predicted octanol–water partition coefficient (Wildman–Crippen LogP) is 4.31. The number of halogens is 5.